The second-order valence-electron chi connectivity index (χ2n) is 6.21. The molecule has 1 saturated heterocycles. The predicted molar refractivity (Wildman–Crippen MR) is 94.7 cm³/mol. The summed E-state index contributed by atoms with van der Waals surface area (Å²) in [5.41, 5.74) is 3.23. The summed E-state index contributed by atoms with van der Waals surface area (Å²) in [6.07, 6.45) is 8.70. The highest BCUT2D eigenvalue weighted by Crippen LogP contribution is 2.25. The average Bonchev–Trinajstić information content (AvgIpc) is 3.12. The molecule has 0 unspecified atom stereocenters. The van der Waals surface area contributed by atoms with E-state index in [-0.39, 0.29) is 5.91 Å². The minimum atomic E-state index is 0.106. The minimum absolute atomic E-state index is 0.106. The molecule has 0 aliphatic carbocycles. The monoisotopic (exact) mass is 336 g/mol. The zero-order chi connectivity index (χ0) is 17.2. The van der Waals surface area contributed by atoms with E-state index in [1.165, 1.54) is 6.42 Å². The highest BCUT2D eigenvalue weighted by atomic mass is 16.5. The Kier molecular flexibility index (Phi) is 4.09. The highest BCUT2D eigenvalue weighted by Gasteiger charge is 2.19. The normalized spacial score (nSPS) is 14.7. The standard InChI is InChI=1S/C19H20N4O2/c1-25-18-17-21-13-16(23(17)11-8-20-18)14-6-5-7-15(12-14)19(24)22-9-3-2-4-10-22/h5-8,11-13H,2-4,9-10H2,1H3. The van der Waals surface area contributed by atoms with Gasteiger partial charge in [0.2, 0.25) is 5.65 Å². The zero-order valence-electron chi connectivity index (χ0n) is 14.2. The molecule has 128 valence electrons. The number of hydrogen-bond acceptors (Lipinski definition) is 4. The fourth-order valence-corrected chi connectivity index (χ4v) is 3.34. The Balaban J connectivity index is 1.71. The lowest BCUT2D eigenvalue weighted by atomic mass is 10.1. The number of methoxy groups -OCH3 is 1. The SMILES string of the molecule is COc1nccn2c(-c3cccc(C(=O)N4CCCCC4)c3)cnc12. The van der Waals surface area contributed by atoms with Gasteiger partial charge in [0, 0.05) is 36.6 Å². The molecule has 1 aromatic carbocycles. The second-order valence-corrected chi connectivity index (χ2v) is 6.21. The zero-order valence-corrected chi connectivity index (χ0v) is 14.2. The number of carbonyl (C=O) groups is 1. The molecule has 1 aliphatic rings. The van der Waals surface area contributed by atoms with Gasteiger partial charge in [0.1, 0.15) is 0 Å². The van der Waals surface area contributed by atoms with Crippen LogP contribution in [0.2, 0.25) is 0 Å². The van der Waals surface area contributed by atoms with Crippen LogP contribution in [0.3, 0.4) is 0 Å². The number of nitrogens with zero attached hydrogens (tertiary/aromatic N) is 4. The van der Waals surface area contributed by atoms with Crippen molar-refractivity contribution < 1.29 is 9.53 Å². The molecular weight excluding hydrogens is 316 g/mol. The van der Waals surface area contributed by atoms with Gasteiger partial charge < -0.3 is 9.64 Å². The second kappa shape index (κ2) is 6.55. The number of carbonyl (C=O) groups excluding carboxylic acids is 1. The molecule has 0 spiro atoms. The molecule has 4 rings (SSSR count). The van der Waals surface area contributed by atoms with Crippen LogP contribution in [0.4, 0.5) is 0 Å². The summed E-state index contributed by atoms with van der Waals surface area (Å²) in [7, 11) is 1.58. The summed E-state index contributed by atoms with van der Waals surface area (Å²) in [4.78, 5) is 23.3. The van der Waals surface area contributed by atoms with Crippen molar-refractivity contribution in [3.8, 4) is 17.1 Å². The number of piperidine rings is 1. The Morgan fingerprint density at radius 2 is 2.00 bits per heavy atom. The van der Waals surface area contributed by atoms with Crippen LogP contribution in [0.15, 0.2) is 42.9 Å². The van der Waals surface area contributed by atoms with Gasteiger partial charge in [0.15, 0.2) is 0 Å². The minimum Gasteiger partial charge on any atom is -0.478 e. The van der Waals surface area contributed by atoms with Crippen LogP contribution >= 0.6 is 0 Å². The van der Waals surface area contributed by atoms with Crippen LogP contribution in [-0.4, -0.2) is 45.4 Å². The van der Waals surface area contributed by atoms with Crippen LogP contribution in [0, 0.1) is 0 Å². The average molecular weight is 336 g/mol. The molecule has 0 saturated carbocycles. The lowest BCUT2D eigenvalue weighted by Crippen LogP contribution is -2.35. The van der Waals surface area contributed by atoms with E-state index in [2.05, 4.69) is 9.97 Å². The maximum absolute atomic E-state index is 12.8. The van der Waals surface area contributed by atoms with Gasteiger partial charge in [-0.3, -0.25) is 9.20 Å². The van der Waals surface area contributed by atoms with Crippen LogP contribution in [0.25, 0.3) is 16.9 Å². The fraction of sp³-hybridized carbons (Fsp3) is 0.316. The van der Waals surface area contributed by atoms with Crippen LogP contribution in [0.1, 0.15) is 29.6 Å². The predicted octanol–water partition coefficient (Wildman–Crippen LogP) is 3.03. The Morgan fingerprint density at radius 1 is 1.16 bits per heavy atom. The Labute approximate surface area is 146 Å². The van der Waals surface area contributed by atoms with Gasteiger partial charge >= 0.3 is 0 Å². The van der Waals surface area contributed by atoms with Gasteiger partial charge in [-0.05, 0) is 31.4 Å². The Morgan fingerprint density at radius 3 is 2.80 bits per heavy atom. The maximum atomic E-state index is 12.8. The number of aromatic nitrogens is 3. The number of hydrogen-bond donors (Lipinski definition) is 0. The molecule has 1 fully saturated rings. The molecule has 2 aromatic heterocycles. The van der Waals surface area contributed by atoms with E-state index in [1.807, 2.05) is 39.8 Å². The third-order valence-electron chi connectivity index (χ3n) is 4.64. The van der Waals surface area contributed by atoms with Crippen molar-refractivity contribution >= 4 is 11.6 Å². The van der Waals surface area contributed by atoms with Crippen molar-refractivity contribution in [2.24, 2.45) is 0 Å². The number of amides is 1. The molecule has 6 nitrogen and oxygen atoms in total. The van der Waals surface area contributed by atoms with Gasteiger partial charge in [-0.25, -0.2) is 9.97 Å². The van der Waals surface area contributed by atoms with Gasteiger partial charge in [-0.2, -0.15) is 0 Å². The topological polar surface area (TPSA) is 59.7 Å². The van der Waals surface area contributed by atoms with E-state index in [0.29, 0.717) is 11.5 Å². The van der Waals surface area contributed by atoms with Crippen molar-refractivity contribution in [1.29, 1.82) is 0 Å². The molecule has 0 N–H and O–H groups in total. The van der Waals surface area contributed by atoms with E-state index in [4.69, 9.17) is 4.74 Å². The summed E-state index contributed by atoms with van der Waals surface area (Å²) in [6.45, 7) is 1.70. The first-order chi connectivity index (χ1) is 12.3. The third kappa shape index (κ3) is 2.84. The smallest absolute Gasteiger partial charge is 0.258 e. The molecule has 3 heterocycles. The first-order valence-corrected chi connectivity index (χ1v) is 8.53. The van der Waals surface area contributed by atoms with Gasteiger partial charge in [0.25, 0.3) is 11.8 Å². The first kappa shape index (κ1) is 15.6. The number of likely N-dealkylation sites (tertiary alicyclic amines) is 1. The van der Waals surface area contributed by atoms with E-state index in [1.54, 1.807) is 19.5 Å². The van der Waals surface area contributed by atoms with Crippen LogP contribution in [0.5, 0.6) is 5.88 Å². The van der Waals surface area contributed by atoms with Crippen molar-refractivity contribution in [3.05, 3.63) is 48.4 Å². The van der Waals surface area contributed by atoms with Crippen molar-refractivity contribution in [1.82, 2.24) is 19.3 Å². The lowest BCUT2D eigenvalue weighted by molar-refractivity contribution is 0.0724. The molecule has 6 heteroatoms. The molecule has 0 bridgehead atoms. The fourth-order valence-electron chi connectivity index (χ4n) is 3.34. The number of rotatable bonds is 3. The molecule has 25 heavy (non-hydrogen) atoms. The summed E-state index contributed by atoms with van der Waals surface area (Å²) in [5, 5.41) is 0. The van der Waals surface area contributed by atoms with E-state index >= 15 is 0 Å². The quantitative estimate of drug-likeness (QED) is 0.738. The molecular formula is C19H20N4O2. The maximum Gasteiger partial charge on any atom is 0.258 e. The summed E-state index contributed by atoms with van der Waals surface area (Å²) < 4.78 is 7.19. The largest absolute Gasteiger partial charge is 0.478 e. The van der Waals surface area contributed by atoms with E-state index in [9.17, 15) is 4.79 Å². The van der Waals surface area contributed by atoms with Crippen molar-refractivity contribution in [2.45, 2.75) is 19.3 Å². The van der Waals surface area contributed by atoms with Gasteiger partial charge in [0.05, 0.1) is 19.0 Å². The lowest BCUT2D eigenvalue weighted by Gasteiger charge is -2.26. The van der Waals surface area contributed by atoms with E-state index in [0.717, 1.165) is 42.8 Å². The van der Waals surface area contributed by atoms with Crippen LogP contribution in [-0.2, 0) is 0 Å². The molecule has 1 amide bonds. The highest BCUT2D eigenvalue weighted by molar-refractivity contribution is 5.95. The number of ether oxygens (including phenoxy) is 1. The van der Waals surface area contributed by atoms with E-state index < -0.39 is 0 Å². The van der Waals surface area contributed by atoms with Crippen molar-refractivity contribution in [3.63, 3.8) is 0 Å². The van der Waals surface area contributed by atoms with Gasteiger partial charge in [-0.15, -0.1) is 0 Å². The Hall–Kier alpha value is -2.89. The molecule has 0 atom stereocenters. The van der Waals surface area contributed by atoms with Gasteiger partial charge in [-0.1, -0.05) is 12.1 Å². The summed E-state index contributed by atoms with van der Waals surface area (Å²) in [6, 6.07) is 7.73. The Bertz CT molecular complexity index is 913. The third-order valence-corrected chi connectivity index (χ3v) is 4.64. The number of fused-ring (bicyclic) bond motifs is 1. The number of imidazole rings is 1. The molecule has 3 aromatic rings. The summed E-state index contributed by atoms with van der Waals surface area (Å²) >= 11 is 0. The summed E-state index contributed by atoms with van der Waals surface area (Å²) in [5.74, 6) is 0.587. The molecule has 1 aliphatic heterocycles. The van der Waals surface area contributed by atoms with Crippen molar-refractivity contribution in [2.75, 3.05) is 20.2 Å². The first-order valence-electron chi connectivity index (χ1n) is 8.53. The molecule has 0 radical (unpaired) electrons. The van der Waals surface area contributed by atoms with Crippen LogP contribution < -0.4 is 4.74 Å². The number of benzene rings is 1.